The maximum Gasteiger partial charge on any atom is 0.191 e. The number of likely N-dealkylation sites (N-methyl/N-ethyl adjacent to an activating group) is 1. The fourth-order valence-electron chi connectivity index (χ4n) is 3.83. The van der Waals surface area contributed by atoms with E-state index in [1.165, 1.54) is 51.3 Å². The van der Waals surface area contributed by atoms with E-state index in [0.717, 1.165) is 31.0 Å². The molecule has 0 amide bonds. The minimum absolute atomic E-state index is 0. The van der Waals surface area contributed by atoms with Gasteiger partial charge in [-0.15, -0.1) is 24.0 Å². The first kappa shape index (κ1) is 29.1. The molecule has 6 nitrogen and oxygen atoms in total. The summed E-state index contributed by atoms with van der Waals surface area (Å²) in [6, 6.07) is 8.24. The Hall–Kier alpha value is -0.900. The quantitative estimate of drug-likeness (QED) is 0.177. The summed E-state index contributed by atoms with van der Waals surface area (Å²) in [5.41, 5.74) is 2.30. The summed E-state index contributed by atoms with van der Waals surface area (Å²) in [7, 11) is 0. The number of benzene rings is 1. The van der Waals surface area contributed by atoms with E-state index in [1.807, 2.05) is 12.1 Å². The first-order valence-electron chi connectivity index (χ1n) is 12.1. The van der Waals surface area contributed by atoms with Crippen molar-refractivity contribution in [1.82, 2.24) is 20.4 Å². The predicted octanol–water partition coefficient (Wildman–Crippen LogP) is 3.61. The van der Waals surface area contributed by atoms with Gasteiger partial charge in [0, 0.05) is 39.3 Å². The lowest BCUT2D eigenvalue weighted by Crippen LogP contribution is -2.46. The van der Waals surface area contributed by atoms with E-state index in [0.29, 0.717) is 6.54 Å². The van der Waals surface area contributed by atoms with Crippen LogP contribution in [0.15, 0.2) is 29.3 Å². The number of nitrogens with one attached hydrogen (secondary N) is 2. The smallest absolute Gasteiger partial charge is 0.191 e. The van der Waals surface area contributed by atoms with Gasteiger partial charge in [-0.25, -0.2) is 0 Å². The molecule has 1 atom stereocenters. The van der Waals surface area contributed by atoms with E-state index in [9.17, 15) is 5.11 Å². The van der Waals surface area contributed by atoms with Gasteiger partial charge >= 0.3 is 0 Å². The van der Waals surface area contributed by atoms with Crippen molar-refractivity contribution < 1.29 is 5.11 Å². The molecule has 1 fully saturated rings. The van der Waals surface area contributed by atoms with Gasteiger partial charge in [0.15, 0.2) is 5.96 Å². The molecule has 0 aliphatic carbocycles. The Bertz CT molecular complexity index is 651. The maximum absolute atomic E-state index is 10.6. The molecule has 1 aliphatic heterocycles. The number of aliphatic hydroxyl groups is 1. The van der Waals surface area contributed by atoms with Crippen molar-refractivity contribution >= 4 is 29.9 Å². The molecule has 7 heteroatoms. The average Bonchev–Trinajstić information content (AvgIpc) is 2.76. The van der Waals surface area contributed by atoms with Gasteiger partial charge in [0.1, 0.15) is 0 Å². The Balaban J connectivity index is 0.00000512. The van der Waals surface area contributed by atoms with Crippen LogP contribution in [0.3, 0.4) is 0 Å². The van der Waals surface area contributed by atoms with Crippen LogP contribution < -0.4 is 10.6 Å². The van der Waals surface area contributed by atoms with E-state index in [-0.39, 0.29) is 29.4 Å². The largest absolute Gasteiger partial charge is 0.386 e. The number of halogens is 1. The maximum atomic E-state index is 10.6. The number of rotatable bonds is 10. The number of unbranched alkanes of at least 4 members (excludes halogenated alkanes) is 1. The first-order chi connectivity index (χ1) is 14.8. The molecular weight excluding hydrogens is 513 g/mol. The van der Waals surface area contributed by atoms with Crippen LogP contribution in [-0.2, 0) is 5.41 Å². The lowest BCUT2D eigenvalue weighted by molar-refractivity contribution is 0.136. The van der Waals surface area contributed by atoms with Gasteiger partial charge in [0.05, 0.1) is 12.6 Å². The monoisotopic (exact) mass is 559 g/mol. The number of nitrogens with zero attached hydrogens (tertiary/aromatic N) is 3. The van der Waals surface area contributed by atoms with E-state index >= 15 is 0 Å². The molecule has 0 radical (unpaired) electrons. The van der Waals surface area contributed by atoms with E-state index in [2.05, 4.69) is 72.2 Å². The van der Waals surface area contributed by atoms with Crippen LogP contribution in [0.5, 0.6) is 0 Å². The molecular formula is C25H46IN5O. The molecule has 0 saturated carbocycles. The van der Waals surface area contributed by atoms with Crippen LogP contribution in [0, 0.1) is 0 Å². The summed E-state index contributed by atoms with van der Waals surface area (Å²) >= 11 is 0. The highest BCUT2D eigenvalue weighted by atomic mass is 127. The standard InChI is InChI=1S/C25H45N5O.HI/c1-6-26-24(27-14-8-9-15-30-18-16-29(7-2)17-19-30)28-20-23(31)21-10-12-22(13-11-21)25(3,4)5;/h10-13,23,31H,6-9,14-20H2,1-5H3,(H2,26,27,28);1H. The van der Waals surface area contributed by atoms with Crippen molar-refractivity contribution in [1.29, 1.82) is 0 Å². The van der Waals surface area contributed by atoms with Crippen molar-refractivity contribution in [2.24, 2.45) is 4.99 Å². The van der Waals surface area contributed by atoms with Crippen molar-refractivity contribution in [3.8, 4) is 0 Å². The molecule has 32 heavy (non-hydrogen) atoms. The van der Waals surface area contributed by atoms with Crippen LogP contribution in [0.4, 0.5) is 0 Å². The number of aliphatic imine (C=N–C) groups is 1. The van der Waals surface area contributed by atoms with Gasteiger partial charge in [-0.3, -0.25) is 4.99 Å². The summed E-state index contributed by atoms with van der Waals surface area (Å²) in [5.74, 6) is 0.782. The molecule has 2 rings (SSSR count). The zero-order valence-corrected chi connectivity index (χ0v) is 23.2. The summed E-state index contributed by atoms with van der Waals surface area (Å²) < 4.78 is 0. The zero-order chi connectivity index (χ0) is 22.7. The molecule has 1 saturated heterocycles. The number of hydrogen-bond acceptors (Lipinski definition) is 4. The van der Waals surface area contributed by atoms with Gasteiger partial charge in [-0.2, -0.15) is 0 Å². The highest BCUT2D eigenvalue weighted by molar-refractivity contribution is 14.0. The van der Waals surface area contributed by atoms with Crippen LogP contribution >= 0.6 is 24.0 Å². The predicted molar refractivity (Wildman–Crippen MR) is 147 cm³/mol. The Morgan fingerprint density at radius 1 is 1.00 bits per heavy atom. The van der Waals surface area contributed by atoms with Gasteiger partial charge in [0.2, 0.25) is 0 Å². The molecule has 1 unspecified atom stereocenters. The van der Waals surface area contributed by atoms with Crippen LogP contribution in [0.25, 0.3) is 0 Å². The van der Waals surface area contributed by atoms with Crippen molar-refractivity contribution in [3.63, 3.8) is 0 Å². The second-order valence-corrected chi connectivity index (χ2v) is 9.52. The number of guanidine groups is 1. The minimum Gasteiger partial charge on any atom is -0.386 e. The van der Waals surface area contributed by atoms with Gasteiger partial charge in [0.25, 0.3) is 0 Å². The SMILES string of the molecule is CCNC(=NCC(O)c1ccc(C(C)(C)C)cc1)NCCCCN1CCN(CC)CC1.I. The van der Waals surface area contributed by atoms with Crippen molar-refractivity contribution in [3.05, 3.63) is 35.4 Å². The second kappa shape index (κ2) is 15.1. The fourth-order valence-corrected chi connectivity index (χ4v) is 3.83. The molecule has 184 valence electrons. The first-order valence-corrected chi connectivity index (χ1v) is 12.1. The van der Waals surface area contributed by atoms with Crippen LogP contribution in [-0.4, -0.2) is 79.8 Å². The van der Waals surface area contributed by atoms with Crippen molar-refractivity contribution in [2.45, 2.75) is 59.0 Å². The Morgan fingerprint density at radius 3 is 2.19 bits per heavy atom. The molecule has 1 aromatic rings. The minimum atomic E-state index is -0.591. The van der Waals surface area contributed by atoms with Crippen LogP contribution in [0.1, 0.15) is 64.7 Å². The van der Waals surface area contributed by atoms with E-state index in [4.69, 9.17) is 0 Å². The lowest BCUT2D eigenvalue weighted by atomic mass is 9.86. The third kappa shape index (κ3) is 10.4. The Morgan fingerprint density at radius 2 is 1.62 bits per heavy atom. The second-order valence-electron chi connectivity index (χ2n) is 9.52. The molecule has 0 bridgehead atoms. The van der Waals surface area contributed by atoms with E-state index in [1.54, 1.807) is 0 Å². The molecule has 1 heterocycles. The lowest BCUT2D eigenvalue weighted by Gasteiger charge is -2.34. The molecule has 0 spiro atoms. The molecule has 1 aliphatic rings. The molecule has 0 aromatic heterocycles. The summed E-state index contributed by atoms with van der Waals surface area (Å²) in [4.78, 5) is 9.69. The van der Waals surface area contributed by atoms with Gasteiger partial charge < -0.3 is 25.5 Å². The van der Waals surface area contributed by atoms with Crippen LogP contribution in [0.2, 0.25) is 0 Å². The zero-order valence-electron chi connectivity index (χ0n) is 20.9. The number of piperazine rings is 1. The third-order valence-electron chi connectivity index (χ3n) is 6.03. The topological polar surface area (TPSA) is 63.1 Å². The van der Waals surface area contributed by atoms with Gasteiger partial charge in [-0.1, -0.05) is 52.0 Å². The summed E-state index contributed by atoms with van der Waals surface area (Å²) in [6.45, 7) is 20.1. The summed E-state index contributed by atoms with van der Waals surface area (Å²) in [5, 5.41) is 17.2. The molecule has 1 aromatic carbocycles. The fraction of sp³-hybridized carbons (Fsp3) is 0.720. The highest BCUT2D eigenvalue weighted by Gasteiger charge is 2.15. The van der Waals surface area contributed by atoms with Gasteiger partial charge in [-0.05, 0) is 49.4 Å². The average molecular weight is 560 g/mol. The third-order valence-corrected chi connectivity index (χ3v) is 6.03. The summed E-state index contributed by atoms with van der Waals surface area (Å²) in [6.07, 6.45) is 1.72. The normalized spacial score (nSPS) is 17.0. The Labute approximate surface area is 213 Å². The number of aliphatic hydroxyl groups excluding tert-OH is 1. The Kier molecular flexibility index (Phi) is 13.7. The van der Waals surface area contributed by atoms with Crippen molar-refractivity contribution in [2.75, 3.05) is 58.9 Å². The molecule has 3 N–H and O–H groups in total. The highest BCUT2D eigenvalue weighted by Crippen LogP contribution is 2.24. The number of hydrogen-bond donors (Lipinski definition) is 3. The van der Waals surface area contributed by atoms with E-state index < -0.39 is 6.10 Å².